The molecular formula is C25H20N4O2. The van der Waals surface area contributed by atoms with Crippen molar-refractivity contribution in [2.45, 2.75) is 5.66 Å². The van der Waals surface area contributed by atoms with E-state index in [2.05, 4.69) is 29.6 Å². The number of rotatable bonds is 2. The average Bonchev–Trinajstić information content (AvgIpc) is 3.27. The van der Waals surface area contributed by atoms with E-state index < -0.39 is 5.66 Å². The summed E-state index contributed by atoms with van der Waals surface area (Å²) in [6, 6.07) is 25.8. The van der Waals surface area contributed by atoms with Crippen molar-refractivity contribution in [2.24, 2.45) is 10.7 Å². The molecule has 1 atom stereocenters. The lowest BCUT2D eigenvalue weighted by molar-refractivity contribution is 0.174. The Bertz CT molecular complexity index is 1380. The molecule has 31 heavy (non-hydrogen) atoms. The first-order chi connectivity index (χ1) is 15.1. The molecule has 2 heterocycles. The molecule has 152 valence electrons. The normalized spacial score (nSPS) is 18.9. The Balaban J connectivity index is 1.59. The van der Waals surface area contributed by atoms with Gasteiger partial charge in [-0.05, 0) is 41.1 Å². The van der Waals surface area contributed by atoms with Crippen molar-refractivity contribution < 1.29 is 9.47 Å². The molecule has 0 bridgehead atoms. The monoisotopic (exact) mass is 408 g/mol. The van der Waals surface area contributed by atoms with Crippen molar-refractivity contribution >= 4 is 28.0 Å². The zero-order chi connectivity index (χ0) is 21.0. The number of benzene rings is 4. The van der Waals surface area contributed by atoms with E-state index in [4.69, 9.17) is 25.9 Å². The summed E-state index contributed by atoms with van der Waals surface area (Å²) < 4.78 is 11.1. The standard InChI is InChI=1S/C25H20N4O2/c26-17-9-10-21-20(13-17)25(27,16-8-11-22-23(12-16)31-14-30-22)29-24(28-21)19-7-3-5-15-4-1-2-6-18(15)19/h1-13H,14,26-27H2,(H,28,29). The molecule has 5 N–H and O–H groups in total. The van der Waals surface area contributed by atoms with Crippen LogP contribution in [0, 0.1) is 0 Å². The fourth-order valence-corrected chi connectivity index (χ4v) is 4.29. The van der Waals surface area contributed by atoms with Crippen LogP contribution < -0.4 is 26.3 Å². The van der Waals surface area contributed by atoms with Gasteiger partial charge in [0.1, 0.15) is 5.84 Å². The van der Waals surface area contributed by atoms with Gasteiger partial charge in [0.25, 0.3) is 0 Å². The van der Waals surface area contributed by atoms with Crippen LogP contribution in [0.4, 0.5) is 11.4 Å². The molecule has 4 aromatic rings. The second-order valence-corrected chi connectivity index (χ2v) is 7.75. The molecule has 0 amide bonds. The molecule has 0 aromatic heterocycles. The summed E-state index contributed by atoms with van der Waals surface area (Å²) in [5.74, 6) is 2.06. The molecule has 0 aliphatic carbocycles. The Kier molecular flexibility index (Phi) is 3.72. The predicted octanol–water partition coefficient (Wildman–Crippen LogP) is 4.18. The van der Waals surface area contributed by atoms with Gasteiger partial charge in [0.05, 0.1) is 0 Å². The van der Waals surface area contributed by atoms with Gasteiger partial charge in [-0.25, -0.2) is 4.99 Å². The largest absolute Gasteiger partial charge is 0.454 e. The smallest absolute Gasteiger partial charge is 0.231 e. The Morgan fingerprint density at radius 3 is 2.65 bits per heavy atom. The molecular weight excluding hydrogens is 388 g/mol. The van der Waals surface area contributed by atoms with E-state index in [0.717, 1.165) is 33.2 Å². The minimum absolute atomic E-state index is 0.200. The number of fused-ring (bicyclic) bond motifs is 3. The number of aliphatic imine (C=N–C) groups is 1. The third-order valence-electron chi connectivity index (χ3n) is 5.85. The van der Waals surface area contributed by atoms with E-state index in [-0.39, 0.29) is 6.79 Å². The second kappa shape index (κ2) is 6.48. The van der Waals surface area contributed by atoms with Gasteiger partial charge in [-0.2, -0.15) is 0 Å². The highest BCUT2D eigenvalue weighted by atomic mass is 16.7. The third-order valence-corrected chi connectivity index (χ3v) is 5.85. The lowest BCUT2D eigenvalue weighted by atomic mass is 9.88. The first-order valence-electron chi connectivity index (χ1n) is 10.1. The molecule has 0 saturated carbocycles. The number of hydrogen-bond donors (Lipinski definition) is 3. The number of nitrogens with zero attached hydrogens (tertiary/aromatic N) is 1. The number of nitrogens with one attached hydrogen (secondary N) is 1. The zero-order valence-corrected chi connectivity index (χ0v) is 16.6. The van der Waals surface area contributed by atoms with Crippen molar-refractivity contribution in [3.05, 3.63) is 95.6 Å². The van der Waals surface area contributed by atoms with Crippen LogP contribution in [-0.4, -0.2) is 12.6 Å². The maximum atomic E-state index is 7.05. The molecule has 0 fully saturated rings. The zero-order valence-electron chi connectivity index (χ0n) is 16.6. The summed E-state index contributed by atoms with van der Waals surface area (Å²) >= 11 is 0. The number of ether oxygens (including phenoxy) is 2. The van der Waals surface area contributed by atoms with E-state index >= 15 is 0 Å². The minimum atomic E-state index is -1.15. The number of amidine groups is 1. The van der Waals surface area contributed by atoms with Gasteiger partial charge in [0.15, 0.2) is 17.2 Å². The van der Waals surface area contributed by atoms with Crippen LogP contribution in [0.5, 0.6) is 11.5 Å². The van der Waals surface area contributed by atoms with Crippen molar-refractivity contribution in [1.29, 1.82) is 0 Å². The molecule has 2 aliphatic rings. The van der Waals surface area contributed by atoms with Crippen LogP contribution in [0.3, 0.4) is 0 Å². The van der Waals surface area contributed by atoms with Gasteiger partial charge < -0.3 is 20.5 Å². The molecule has 1 unspecified atom stereocenters. The fraction of sp³-hybridized carbons (Fsp3) is 0.0800. The Hall–Kier alpha value is -4.03. The third kappa shape index (κ3) is 2.73. The van der Waals surface area contributed by atoms with E-state index in [9.17, 15) is 0 Å². The summed E-state index contributed by atoms with van der Waals surface area (Å²) in [6.07, 6.45) is 0. The van der Waals surface area contributed by atoms with Gasteiger partial charge in [0.2, 0.25) is 6.79 Å². The van der Waals surface area contributed by atoms with Crippen LogP contribution in [-0.2, 0) is 5.66 Å². The maximum Gasteiger partial charge on any atom is 0.231 e. The van der Waals surface area contributed by atoms with Gasteiger partial charge in [-0.15, -0.1) is 0 Å². The van der Waals surface area contributed by atoms with Gasteiger partial charge in [-0.3, -0.25) is 5.73 Å². The number of nitrogens with two attached hydrogens (primary N) is 2. The molecule has 6 nitrogen and oxygen atoms in total. The molecule has 0 spiro atoms. The summed E-state index contributed by atoms with van der Waals surface area (Å²) in [5, 5.41) is 5.71. The first-order valence-corrected chi connectivity index (χ1v) is 10.1. The highest BCUT2D eigenvalue weighted by Crippen LogP contribution is 2.42. The number of anilines is 2. The van der Waals surface area contributed by atoms with Crippen LogP contribution >= 0.6 is 0 Å². The molecule has 6 heteroatoms. The van der Waals surface area contributed by atoms with Crippen LogP contribution in [0.15, 0.2) is 83.9 Å². The molecule has 4 aromatic carbocycles. The highest BCUT2D eigenvalue weighted by Gasteiger charge is 2.37. The molecule has 0 saturated heterocycles. The predicted molar refractivity (Wildman–Crippen MR) is 122 cm³/mol. The van der Waals surface area contributed by atoms with Crippen LogP contribution in [0.25, 0.3) is 10.8 Å². The molecule has 0 radical (unpaired) electrons. The van der Waals surface area contributed by atoms with Crippen molar-refractivity contribution in [3.8, 4) is 11.5 Å². The summed E-state index contributed by atoms with van der Waals surface area (Å²) in [5.41, 5.74) is 16.1. The molecule has 6 rings (SSSR count). The Labute approximate surface area is 179 Å². The average molecular weight is 408 g/mol. The lowest BCUT2D eigenvalue weighted by Crippen LogP contribution is -2.42. The van der Waals surface area contributed by atoms with E-state index in [1.165, 1.54) is 0 Å². The van der Waals surface area contributed by atoms with Crippen LogP contribution in [0.2, 0.25) is 0 Å². The van der Waals surface area contributed by atoms with Gasteiger partial charge in [0, 0.05) is 28.1 Å². The van der Waals surface area contributed by atoms with Crippen molar-refractivity contribution in [2.75, 3.05) is 17.8 Å². The fourth-order valence-electron chi connectivity index (χ4n) is 4.29. The van der Waals surface area contributed by atoms with Crippen LogP contribution in [0.1, 0.15) is 16.7 Å². The first kappa shape index (κ1) is 17.8. The summed E-state index contributed by atoms with van der Waals surface area (Å²) in [4.78, 5) is 5.04. The number of nitrogen functional groups attached to an aromatic ring is 1. The van der Waals surface area contributed by atoms with E-state index in [1.807, 2.05) is 54.6 Å². The van der Waals surface area contributed by atoms with Gasteiger partial charge >= 0.3 is 0 Å². The number of hydrogen-bond acceptors (Lipinski definition) is 6. The Morgan fingerprint density at radius 1 is 0.871 bits per heavy atom. The minimum Gasteiger partial charge on any atom is -0.454 e. The SMILES string of the molecule is Nc1ccc2c(c1)C(N)(c1ccc3c(c1)OCO3)N=C(c1cccc3ccccc13)N2. The maximum absolute atomic E-state index is 7.05. The van der Waals surface area contributed by atoms with E-state index in [0.29, 0.717) is 23.0 Å². The lowest BCUT2D eigenvalue weighted by Gasteiger charge is -2.34. The highest BCUT2D eigenvalue weighted by molar-refractivity contribution is 6.17. The van der Waals surface area contributed by atoms with Crippen molar-refractivity contribution in [1.82, 2.24) is 0 Å². The topological polar surface area (TPSA) is 94.9 Å². The van der Waals surface area contributed by atoms with Gasteiger partial charge in [-0.1, -0.05) is 48.5 Å². The summed E-state index contributed by atoms with van der Waals surface area (Å²) in [6.45, 7) is 0.200. The summed E-state index contributed by atoms with van der Waals surface area (Å²) in [7, 11) is 0. The quantitative estimate of drug-likeness (QED) is 0.433. The van der Waals surface area contributed by atoms with Crippen molar-refractivity contribution in [3.63, 3.8) is 0 Å². The van der Waals surface area contributed by atoms with E-state index in [1.54, 1.807) is 0 Å². The Morgan fingerprint density at radius 2 is 1.71 bits per heavy atom. The second-order valence-electron chi connectivity index (χ2n) is 7.75. The molecule has 2 aliphatic heterocycles.